The van der Waals surface area contributed by atoms with E-state index < -0.39 is 0 Å². The summed E-state index contributed by atoms with van der Waals surface area (Å²) in [7, 11) is 0. The lowest BCUT2D eigenvalue weighted by molar-refractivity contribution is -0.0326. The molecule has 13 heavy (non-hydrogen) atoms. The van der Waals surface area contributed by atoms with Gasteiger partial charge in [0, 0.05) is 6.54 Å². The fourth-order valence-corrected chi connectivity index (χ4v) is 1.32. The second-order valence-electron chi connectivity index (χ2n) is 4.10. The molecular weight excluding hydrogens is 166 g/mol. The molecule has 0 aliphatic carbocycles. The van der Waals surface area contributed by atoms with Gasteiger partial charge in [0.1, 0.15) is 0 Å². The van der Waals surface area contributed by atoms with E-state index in [0.29, 0.717) is 18.6 Å². The summed E-state index contributed by atoms with van der Waals surface area (Å²) in [6.07, 6.45) is 0.525. The predicted molar refractivity (Wildman–Crippen MR) is 52.9 cm³/mol. The third kappa shape index (κ3) is 4.60. The van der Waals surface area contributed by atoms with Gasteiger partial charge in [0.15, 0.2) is 0 Å². The molecule has 0 aromatic carbocycles. The highest BCUT2D eigenvalue weighted by Crippen LogP contribution is 2.04. The highest BCUT2D eigenvalue weighted by molar-refractivity contribution is 4.68. The first kappa shape index (κ1) is 11.0. The molecule has 1 fully saturated rings. The standard InChI is InChI=1S/C10H21NO2/c1-8(2)12-7-10-5-11-4-9(3)6-13-10/h8-11H,4-7H2,1-3H3. The summed E-state index contributed by atoms with van der Waals surface area (Å²) in [5, 5.41) is 3.37. The summed E-state index contributed by atoms with van der Waals surface area (Å²) in [4.78, 5) is 0. The van der Waals surface area contributed by atoms with Crippen LogP contribution in [-0.4, -0.2) is 38.5 Å². The molecule has 0 amide bonds. The van der Waals surface area contributed by atoms with Crippen LogP contribution in [-0.2, 0) is 9.47 Å². The van der Waals surface area contributed by atoms with Crippen LogP contribution in [0, 0.1) is 5.92 Å². The van der Waals surface area contributed by atoms with Crippen LogP contribution in [0.15, 0.2) is 0 Å². The Labute approximate surface area is 80.8 Å². The summed E-state index contributed by atoms with van der Waals surface area (Å²) >= 11 is 0. The molecule has 78 valence electrons. The van der Waals surface area contributed by atoms with Crippen molar-refractivity contribution >= 4 is 0 Å². The van der Waals surface area contributed by atoms with E-state index in [1.165, 1.54) is 0 Å². The van der Waals surface area contributed by atoms with E-state index in [4.69, 9.17) is 9.47 Å². The molecule has 1 aliphatic rings. The molecule has 1 rings (SSSR count). The van der Waals surface area contributed by atoms with Crippen molar-refractivity contribution in [2.75, 3.05) is 26.3 Å². The Hall–Kier alpha value is -0.120. The van der Waals surface area contributed by atoms with Crippen molar-refractivity contribution in [3.63, 3.8) is 0 Å². The Bertz CT molecular complexity index is 139. The summed E-state index contributed by atoms with van der Waals surface area (Å²) < 4.78 is 11.2. The summed E-state index contributed by atoms with van der Waals surface area (Å²) in [6.45, 7) is 9.81. The van der Waals surface area contributed by atoms with Gasteiger partial charge in [0.2, 0.25) is 0 Å². The molecule has 2 atom stereocenters. The van der Waals surface area contributed by atoms with Crippen LogP contribution in [0.5, 0.6) is 0 Å². The van der Waals surface area contributed by atoms with Crippen LogP contribution in [0.25, 0.3) is 0 Å². The van der Waals surface area contributed by atoms with Gasteiger partial charge in [-0.15, -0.1) is 0 Å². The van der Waals surface area contributed by atoms with Crippen LogP contribution in [0.4, 0.5) is 0 Å². The second kappa shape index (κ2) is 5.58. The third-order valence-corrected chi connectivity index (χ3v) is 2.10. The monoisotopic (exact) mass is 187 g/mol. The first-order valence-corrected chi connectivity index (χ1v) is 5.12. The third-order valence-electron chi connectivity index (χ3n) is 2.10. The minimum Gasteiger partial charge on any atom is -0.376 e. The van der Waals surface area contributed by atoms with Gasteiger partial charge in [0.05, 0.1) is 25.4 Å². The van der Waals surface area contributed by atoms with Crippen molar-refractivity contribution in [3.8, 4) is 0 Å². The van der Waals surface area contributed by atoms with Gasteiger partial charge in [0.25, 0.3) is 0 Å². The Morgan fingerprint density at radius 2 is 2.23 bits per heavy atom. The van der Waals surface area contributed by atoms with Crippen molar-refractivity contribution in [1.82, 2.24) is 5.32 Å². The quantitative estimate of drug-likeness (QED) is 0.716. The minimum absolute atomic E-state index is 0.229. The largest absolute Gasteiger partial charge is 0.376 e. The number of nitrogens with one attached hydrogen (secondary N) is 1. The molecule has 0 spiro atoms. The normalized spacial score (nSPS) is 30.5. The van der Waals surface area contributed by atoms with Crippen molar-refractivity contribution in [1.29, 1.82) is 0 Å². The van der Waals surface area contributed by atoms with Crippen molar-refractivity contribution in [2.45, 2.75) is 33.0 Å². The number of ether oxygens (including phenoxy) is 2. The maximum Gasteiger partial charge on any atom is 0.0932 e. The Kier molecular flexibility index (Phi) is 4.70. The molecule has 3 nitrogen and oxygen atoms in total. The van der Waals surface area contributed by atoms with Crippen LogP contribution >= 0.6 is 0 Å². The predicted octanol–water partition coefficient (Wildman–Crippen LogP) is 1.04. The SMILES string of the molecule is CC1CNCC(COC(C)C)OC1. The lowest BCUT2D eigenvalue weighted by Crippen LogP contribution is -2.31. The smallest absolute Gasteiger partial charge is 0.0932 e. The van der Waals surface area contributed by atoms with E-state index >= 15 is 0 Å². The summed E-state index contributed by atoms with van der Waals surface area (Å²) in [6, 6.07) is 0. The van der Waals surface area contributed by atoms with Crippen LogP contribution in [0.1, 0.15) is 20.8 Å². The molecule has 1 N–H and O–H groups in total. The van der Waals surface area contributed by atoms with E-state index in [9.17, 15) is 0 Å². The highest BCUT2D eigenvalue weighted by atomic mass is 16.5. The summed E-state index contributed by atoms with van der Waals surface area (Å²) in [5.41, 5.74) is 0. The molecule has 0 aromatic rings. The first-order chi connectivity index (χ1) is 6.18. The second-order valence-corrected chi connectivity index (χ2v) is 4.10. The zero-order valence-electron chi connectivity index (χ0n) is 8.88. The first-order valence-electron chi connectivity index (χ1n) is 5.12. The van der Waals surface area contributed by atoms with E-state index in [0.717, 1.165) is 19.7 Å². The van der Waals surface area contributed by atoms with Crippen LogP contribution in [0.2, 0.25) is 0 Å². The maximum absolute atomic E-state index is 5.68. The average Bonchev–Trinajstić information content (AvgIpc) is 2.27. The molecule has 0 radical (unpaired) electrons. The van der Waals surface area contributed by atoms with E-state index in [1.807, 2.05) is 13.8 Å². The molecule has 0 bridgehead atoms. The molecule has 2 unspecified atom stereocenters. The molecule has 1 aliphatic heterocycles. The van der Waals surface area contributed by atoms with Crippen molar-refractivity contribution < 1.29 is 9.47 Å². The summed E-state index contributed by atoms with van der Waals surface area (Å²) in [5.74, 6) is 0.615. The molecule has 1 heterocycles. The van der Waals surface area contributed by atoms with Gasteiger partial charge in [-0.2, -0.15) is 0 Å². The van der Waals surface area contributed by atoms with E-state index in [1.54, 1.807) is 0 Å². The van der Waals surface area contributed by atoms with Gasteiger partial charge < -0.3 is 14.8 Å². The van der Waals surface area contributed by atoms with Gasteiger partial charge in [-0.25, -0.2) is 0 Å². The lowest BCUT2D eigenvalue weighted by Gasteiger charge is -2.16. The molecule has 1 saturated heterocycles. The number of hydrogen-bond donors (Lipinski definition) is 1. The van der Waals surface area contributed by atoms with E-state index in [2.05, 4.69) is 12.2 Å². The Morgan fingerprint density at radius 3 is 2.92 bits per heavy atom. The maximum atomic E-state index is 5.68. The number of hydrogen-bond acceptors (Lipinski definition) is 3. The molecule has 3 heteroatoms. The van der Waals surface area contributed by atoms with Crippen LogP contribution < -0.4 is 5.32 Å². The van der Waals surface area contributed by atoms with Gasteiger partial charge in [-0.3, -0.25) is 0 Å². The fraction of sp³-hybridized carbons (Fsp3) is 1.00. The zero-order valence-corrected chi connectivity index (χ0v) is 8.88. The Balaban J connectivity index is 2.18. The van der Waals surface area contributed by atoms with Crippen molar-refractivity contribution in [3.05, 3.63) is 0 Å². The van der Waals surface area contributed by atoms with Gasteiger partial charge in [-0.05, 0) is 26.3 Å². The van der Waals surface area contributed by atoms with Crippen molar-refractivity contribution in [2.24, 2.45) is 5.92 Å². The minimum atomic E-state index is 0.229. The average molecular weight is 187 g/mol. The fourth-order valence-electron chi connectivity index (χ4n) is 1.32. The molecule has 0 saturated carbocycles. The van der Waals surface area contributed by atoms with Crippen LogP contribution in [0.3, 0.4) is 0 Å². The lowest BCUT2D eigenvalue weighted by atomic mass is 10.2. The molecular formula is C10H21NO2. The molecule has 0 aromatic heterocycles. The number of rotatable bonds is 3. The Morgan fingerprint density at radius 1 is 1.46 bits per heavy atom. The van der Waals surface area contributed by atoms with Gasteiger partial charge in [-0.1, -0.05) is 6.92 Å². The topological polar surface area (TPSA) is 30.5 Å². The van der Waals surface area contributed by atoms with E-state index in [-0.39, 0.29) is 6.10 Å². The van der Waals surface area contributed by atoms with Gasteiger partial charge >= 0.3 is 0 Å². The highest BCUT2D eigenvalue weighted by Gasteiger charge is 2.16. The zero-order chi connectivity index (χ0) is 9.68.